The van der Waals surface area contributed by atoms with Crippen LogP contribution >= 0.6 is 22.9 Å². The molecule has 0 fully saturated rings. The summed E-state index contributed by atoms with van der Waals surface area (Å²) in [6.45, 7) is 2.33. The predicted octanol–water partition coefficient (Wildman–Crippen LogP) is 4.95. The quantitative estimate of drug-likeness (QED) is 0.543. The minimum atomic E-state index is -0.112. The predicted molar refractivity (Wildman–Crippen MR) is 106 cm³/mol. The van der Waals surface area contributed by atoms with Crippen LogP contribution in [0.15, 0.2) is 60.8 Å². The van der Waals surface area contributed by atoms with Gasteiger partial charge < -0.3 is 5.32 Å². The second kappa shape index (κ2) is 6.94. The van der Waals surface area contributed by atoms with Gasteiger partial charge in [-0.1, -0.05) is 71.5 Å². The standard InChI is InChI=1S/C20H16ClN3OS/c1-13-18(19(25)22-11-15-9-5-6-10-16(15)21)26-20-23-17(12-24(13)20)14-7-3-2-4-8-14/h2-10,12H,11H2,1H3,(H,22,25). The zero-order chi connectivity index (χ0) is 18.1. The zero-order valence-electron chi connectivity index (χ0n) is 14.1. The summed E-state index contributed by atoms with van der Waals surface area (Å²) >= 11 is 7.54. The van der Waals surface area contributed by atoms with Gasteiger partial charge in [0.2, 0.25) is 0 Å². The van der Waals surface area contributed by atoms with Gasteiger partial charge in [-0.2, -0.15) is 0 Å². The normalized spacial score (nSPS) is 11.0. The number of thiazole rings is 1. The molecule has 0 radical (unpaired) electrons. The number of halogens is 1. The van der Waals surface area contributed by atoms with E-state index >= 15 is 0 Å². The van der Waals surface area contributed by atoms with Crippen LogP contribution in [0.1, 0.15) is 20.9 Å². The lowest BCUT2D eigenvalue weighted by Crippen LogP contribution is -2.22. The van der Waals surface area contributed by atoms with Gasteiger partial charge in [0.15, 0.2) is 4.96 Å². The van der Waals surface area contributed by atoms with E-state index in [2.05, 4.69) is 10.3 Å². The first-order valence-electron chi connectivity index (χ1n) is 8.19. The molecule has 2 heterocycles. The van der Waals surface area contributed by atoms with Crippen molar-refractivity contribution < 1.29 is 4.79 Å². The van der Waals surface area contributed by atoms with Crippen molar-refractivity contribution in [1.29, 1.82) is 0 Å². The summed E-state index contributed by atoms with van der Waals surface area (Å²) in [5, 5.41) is 3.59. The van der Waals surface area contributed by atoms with Crippen molar-refractivity contribution in [2.24, 2.45) is 0 Å². The van der Waals surface area contributed by atoms with Crippen LogP contribution in [0.5, 0.6) is 0 Å². The van der Waals surface area contributed by atoms with Crippen molar-refractivity contribution in [3.63, 3.8) is 0 Å². The second-order valence-corrected chi connectivity index (χ2v) is 7.32. The molecule has 0 saturated carbocycles. The molecule has 0 aliphatic carbocycles. The Hall–Kier alpha value is -2.63. The van der Waals surface area contributed by atoms with Gasteiger partial charge in [0, 0.05) is 29.0 Å². The molecule has 6 heteroatoms. The zero-order valence-corrected chi connectivity index (χ0v) is 15.6. The largest absolute Gasteiger partial charge is 0.347 e. The van der Waals surface area contributed by atoms with E-state index in [1.165, 1.54) is 11.3 Å². The van der Waals surface area contributed by atoms with Gasteiger partial charge >= 0.3 is 0 Å². The van der Waals surface area contributed by atoms with Gasteiger partial charge in [0.1, 0.15) is 4.88 Å². The van der Waals surface area contributed by atoms with Crippen molar-refractivity contribution in [3.05, 3.63) is 82.0 Å². The van der Waals surface area contributed by atoms with Crippen LogP contribution in [-0.4, -0.2) is 15.3 Å². The molecule has 4 rings (SSSR count). The maximum atomic E-state index is 12.6. The van der Waals surface area contributed by atoms with Crippen molar-refractivity contribution in [2.45, 2.75) is 13.5 Å². The highest BCUT2D eigenvalue weighted by Gasteiger charge is 2.18. The number of hydrogen-bond donors (Lipinski definition) is 1. The summed E-state index contributed by atoms with van der Waals surface area (Å²) in [5.74, 6) is -0.112. The summed E-state index contributed by atoms with van der Waals surface area (Å²) in [6, 6.07) is 17.5. The molecule has 2 aromatic carbocycles. The maximum Gasteiger partial charge on any atom is 0.263 e. The number of rotatable bonds is 4. The van der Waals surface area contributed by atoms with Crippen LogP contribution in [0.25, 0.3) is 16.2 Å². The molecule has 0 unspecified atom stereocenters. The molecular weight excluding hydrogens is 366 g/mol. The molecule has 0 bridgehead atoms. The Morgan fingerprint density at radius 2 is 1.88 bits per heavy atom. The van der Waals surface area contributed by atoms with Gasteiger partial charge in [-0.15, -0.1) is 0 Å². The molecule has 0 saturated heterocycles. The minimum absolute atomic E-state index is 0.112. The lowest BCUT2D eigenvalue weighted by Gasteiger charge is -2.06. The number of carbonyl (C=O) groups is 1. The van der Waals surface area contributed by atoms with E-state index in [0.29, 0.717) is 16.4 Å². The summed E-state index contributed by atoms with van der Waals surface area (Å²) in [5.41, 5.74) is 3.75. The minimum Gasteiger partial charge on any atom is -0.347 e. The highest BCUT2D eigenvalue weighted by Crippen LogP contribution is 2.27. The third kappa shape index (κ3) is 3.11. The molecule has 1 amide bonds. The van der Waals surface area contributed by atoms with Crippen molar-refractivity contribution in [2.75, 3.05) is 0 Å². The van der Waals surface area contributed by atoms with E-state index in [1.807, 2.05) is 72.1 Å². The van der Waals surface area contributed by atoms with E-state index < -0.39 is 0 Å². The number of aryl methyl sites for hydroxylation is 1. The highest BCUT2D eigenvalue weighted by molar-refractivity contribution is 7.19. The smallest absolute Gasteiger partial charge is 0.263 e. The SMILES string of the molecule is Cc1c(C(=O)NCc2ccccc2Cl)sc2nc(-c3ccccc3)cn12. The monoisotopic (exact) mass is 381 g/mol. The third-order valence-corrected chi connectivity index (χ3v) is 5.75. The average Bonchev–Trinajstić information content (AvgIpc) is 3.21. The Morgan fingerprint density at radius 3 is 2.62 bits per heavy atom. The van der Waals surface area contributed by atoms with Gasteiger partial charge in [-0.25, -0.2) is 4.98 Å². The Kier molecular flexibility index (Phi) is 4.49. The van der Waals surface area contributed by atoms with Gasteiger partial charge in [0.05, 0.1) is 5.69 Å². The van der Waals surface area contributed by atoms with Crippen molar-refractivity contribution in [3.8, 4) is 11.3 Å². The van der Waals surface area contributed by atoms with Gasteiger partial charge in [-0.05, 0) is 18.6 Å². The Bertz CT molecular complexity index is 1090. The van der Waals surface area contributed by atoms with Crippen LogP contribution in [0.3, 0.4) is 0 Å². The maximum absolute atomic E-state index is 12.6. The number of aromatic nitrogens is 2. The first-order chi connectivity index (χ1) is 12.6. The molecular formula is C20H16ClN3OS. The molecule has 1 N–H and O–H groups in total. The number of carbonyl (C=O) groups excluding carboxylic acids is 1. The van der Waals surface area contributed by atoms with Crippen LogP contribution in [0.2, 0.25) is 5.02 Å². The summed E-state index contributed by atoms with van der Waals surface area (Å²) < 4.78 is 1.97. The van der Waals surface area contributed by atoms with Crippen molar-refractivity contribution >= 4 is 33.8 Å². The first-order valence-corrected chi connectivity index (χ1v) is 9.38. The van der Waals surface area contributed by atoms with Gasteiger partial charge in [-0.3, -0.25) is 9.20 Å². The Morgan fingerprint density at radius 1 is 1.15 bits per heavy atom. The second-order valence-electron chi connectivity index (χ2n) is 5.94. The molecule has 0 aliphatic heterocycles. The number of nitrogens with zero attached hydrogens (tertiary/aromatic N) is 2. The van der Waals surface area contributed by atoms with Crippen molar-refractivity contribution in [1.82, 2.24) is 14.7 Å². The van der Waals surface area contributed by atoms with E-state index in [9.17, 15) is 4.79 Å². The van der Waals surface area contributed by atoms with Crippen LogP contribution in [0.4, 0.5) is 0 Å². The lowest BCUT2D eigenvalue weighted by atomic mass is 10.2. The van der Waals surface area contributed by atoms with Crippen LogP contribution in [-0.2, 0) is 6.54 Å². The number of amides is 1. The molecule has 0 atom stereocenters. The van der Waals surface area contributed by atoms with E-state index in [4.69, 9.17) is 11.6 Å². The van der Waals surface area contributed by atoms with E-state index in [-0.39, 0.29) is 5.91 Å². The molecule has 2 aromatic heterocycles. The fraction of sp³-hybridized carbons (Fsp3) is 0.100. The molecule has 4 nitrogen and oxygen atoms in total. The Balaban J connectivity index is 1.57. The molecule has 0 aliphatic rings. The van der Waals surface area contributed by atoms with E-state index in [1.54, 1.807) is 0 Å². The van der Waals surface area contributed by atoms with Gasteiger partial charge in [0.25, 0.3) is 5.91 Å². The number of hydrogen-bond acceptors (Lipinski definition) is 3. The lowest BCUT2D eigenvalue weighted by molar-refractivity contribution is 0.0954. The summed E-state index contributed by atoms with van der Waals surface area (Å²) in [6.07, 6.45) is 1.97. The summed E-state index contributed by atoms with van der Waals surface area (Å²) in [4.78, 5) is 18.7. The van der Waals surface area contributed by atoms with E-state index in [0.717, 1.165) is 27.5 Å². The summed E-state index contributed by atoms with van der Waals surface area (Å²) in [7, 11) is 0. The Labute approximate surface area is 160 Å². The molecule has 130 valence electrons. The van der Waals surface area contributed by atoms with Crippen LogP contribution in [0, 0.1) is 6.92 Å². The molecule has 0 spiro atoms. The molecule has 4 aromatic rings. The average molecular weight is 382 g/mol. The number of benzene rings is 2. The fourth-order valence-electron chi connectivity index (χ4n) is 2.81. The highest BCUT2D eigenvalue weighted by atomic mass is 35.5. The fourth-order valence-corrected chi connectivity index (χ4v) is 4.03. The topological polar surface area (TPSA) is 46.4 Å². The van der Waals surface area contributed by atoms with Crippen LogP contribution < -0.4 is 5.32 Å². The molecule has 26 heavy (non-hydrogen) atoms. The number of fused-ring (bicyclic) bond motifs is 1. The number of nitrogens with one attached hydrogen (secondary N) is 1. The number of imidazole rings is 1. The first kappa shape index (κ1) is 16.8. The third-order valence-electron chi connectivity index (χ3n) is 4.23.